The Bertz CT molecular complexity index is 1130. The first kappa shape index (κ1) is 27.4. The molecule has 4 heteroatoms. The van der Waals surface area contributed by atoms with Gasteiger partial charge in [-0.15, -0.1) is 0 Å². The summed E-state index contributed by atoms with van der Waals surface area (Å²) in [6.45, 7) is 19.5. The molecule has 0 saturated heterocycles. The lowest BCUT2D eigenvalue weighted by Gasteiger charge is -2.44. The molecule has 5 atom stereocenters. The number of carbonyl (C=O) groups excluding carboxylic acids is 1. The maximum absolute atomic E-state index is 14.2. The molecule has 0 unspecified atom stereocenters. The highest BCUT2D eigenvalue weighted by atomic mass is 16.6. The normalized spacial score (nSPS) is 26.4. The van der Waals surface area contributed by atoms with E-state index in [0.29, 0.717) is 11.6 Å². The lowest BCUT2D eigenvalue weighted by Crippen LogP contribution is -2.47. The van der Waals surface area contributed by atoms with Crippen molar-refractivity contribution in [1.82, 2.24) is 0 Å². The van der Waals surface area contributed by atoms with Crippen LogP contribution in [0.1, 0.15) is 88.6 Å². The molecular formula is C33H45NO3. The van der Waals surface area contributed by atoms with Crippen LogP contribution in [0.3, 0.4) is 0 Å². The summed E-state index contributed by atoms with van der Waals surface area (Å²) in [5.41, 5.74) is 6.06. The molecule has 0 radical (unpaired) electrons. The summed E-state index contributed by atoms with van der Waals surface area (Å²) in [6.07, 6.45) is 2.56. The van der Waals surface area contributed by atoms with Crippen LogP contribution in [0.15, 0.2) is 47.6 Å². The number of ether oxygens (including phenoxy) is 1. The molecule has 2 aromatic carbocycles. The van der Waals surface area contributed by atoms with Crippen LogP contribution in [-0.2, 0) is 19.8 Å². The quantitative estimate of drug-likeness (QED) is 0.393. The molecule has 1 heterocycles. The van der Waals surface area contributed by atoms with Crippen LogP contribution in [0, 0.1) is 43.9 Å². The molecule has 0 aromatic heterocycles. The smallest absolute Gasteiger partial charge is 0.319 e. The van der Waals surface area contributed by atoms with E-state index in [0.717, 1.165) is 36.0 Å². The molecule has 1 aliphatic heterocycles. The Balaban J connectivity index is 1.68. The van der Waals surface area contributed by atoms with Crippen molar-refractivity contribution in [3.63, 3.8) is 0 Å². The molecule has 2 aliphatic rings. The van der Waals surface area contributed by atoms with Crippen molar-refractivity contribution in [2.24, 2.45) is 28.3 Å². The van der Waals surface area contributed by atoms with Crippen molar-refractivity contribution in [2.75, 3.05) is 0 Å². The zero-order valence-electron chi connectivity index (χ0n) is 24.2. The van der Waals surface area contributed by atoms with Gasteiger partial charge in [0.05, 0.1) is 0 Å². The lowest BCUT2D eigenvalue weighted by molar-refractivity contribution is -0.164. The third-order valence-corrected chi connectivity index (χ3v) is 8.67. The second-order valence-electron chi connectivity index (χ2n) is 13.2. The number of oxime groups is 1. The van der Waals surface area contributed by atoms with E-state index in [1.165, 1.54) is 11.1 Å². The van der Waals surface area contributed by atoms with Gasteiger partial charge in [0.25, 0.3) is 0 Å². The minimum atomic E-state index is -0.558. The van der Waals surface area contributed by atoms with Gasteiger partial charge in [-0.3, -0.25) is 4.79 Å². The van der Waals surface area contributed by atoms with Crippen LogP contribution in [-0.4, -0.2) is 23.9 Å². The van der Waals surface area contributed by atoms with Crippen LogP contribution < -0.4 is 0 Å². The zero-order chi connectivity index (χ0) is 27.1. The first-order chi connectivity index (χ1) is 17.3. The Morgan fingerprint density at radius 2 is 1.59 bits per heavy atom. The van der Waals surface area contributed by atoms with Gasteiger partial charge in [0.15, 0.2) is 6.10 Å². The Morgan fingerprint density at radius 3 is 2.19 bits per heavy atom. The third kappa shape index (κ3) is 5.49. The standard InChI is InChI=1S/C33H45NO3/c1-20-15-16-25(33(8,9)24-13-11-10-12-14-24)26(19-20)36-31(35)28-29(34-37-30(28)32(5,6)7)27-22(3)17-21(2)18-23(27)4/h10-14,17-18,20,25-26,28,30H,15-16,19H2,1-9H3/t20-,25-,26-,28-,30-/m1/s1. The predicted octanol–water partition coefficient (Wildman–Crippen LogP) is 7.70. The van der Waals surface area contributed by atoms with E-state index in [1.54, 1.807) is 0 Å². The predicted molar refractivity (Wildman–Crippen MR) is 151 cm³/mol. The molecule has 1 aliphatic carbocycles. The van der Waals surface area contributed by atoms with Gasteiger partial charge < -0.3 is 9.57 Å². The van der Waals surface area contributed by atoms with Gasteiger partial charge in [-0.1, -0.05) is 101 Å². The highest BCUT2D eigenvalue weighted by Gasteiger charge is 2.50. The Hall–Kier alpha value is -2.62. The minimum Gasteiger partial charge on any atom is -0.461 e. The van der Waals surface area contributed by atoms with Crippen LogP contribution in [0.25, 0.3) is 0 Å². The molecular weight excluding hydrogens is 458 g/mol. The van der Waals surface area contributed by atoms with Gasteiger partial charge in [0, 0.05) is 16.9 Å². The van der Waals surface area contributed by atoms with E-state index in [9.17, 15) is 4.79 Å². The second-order valence-corrected chi connectivity index (χ2v) is 13.2. The van der Waals surface area contributed by atoms with Gasteiger partial charge in [0.2, 0.25) is 0 Å². The molecule has 1 saturated carbocycles. The zero-order valence-corrected chi connectivity index (χ0v) is 24.2. The van der Waals surface area contributed by atoms with E-state index >= 15 is 0 Å². The monoisotopic (exact) mass is 503 g/mol. The van der Waals surface area contributed by atoms with Crippen molar-refractivity contribution >= 4 is 11.7 Å². The number of esters is 1. The number of nitrogens with zero attached hydrogens (tertiary/aromatic N) is 1. The molecule has 4 rings (SSSR count). The number of benzene rings is 2. The average Bonchev–Trinajstić information content (AvgIpc) is 3.24. The molecule has 200 valence electrons. The second kappa shape index (κ2) is 10.3. The Morgan fingerprint density at radius 1 is 0.973 bits per heavy atom. The SMILES string of the molecule is Cc1cc(C)c(C2=NO[C@@H](C(C)(C)C)[C@@H]2C(=O)O[C@@H]2C[C@H](C)CC[C@H]2C(C)(C)c2ccccc2)c(C)c1. The molecule has 0 N–H and O–H groups in total. The summed E-state index contributed by atoms with van der Waals surface area (Å²) >= 11 is 0. The average molecular weight is 504 g/mol. The van der Waals surface area contributed by atoms with Crippen molar-refractivity contribution in [1.29, 1.82) is 0 Å². The van der Waals surface area contributed by atoms with Gasteiger partial charge in [0.1, 0.15) is 17.7 Å². The van der Waals surface area contributed by atoms with Crippen molar-refractivity contribution in [3.8, 4) is 0 Å². The highest BCUT2D eigenvalue weighted by Crippen LogP contribution is 2.45. The van der Waals surface area contributed by atoms with Gasteiger partial charge in [-0.25, -0.2) is 0 Å². The third-order valence-electron chi connectivity index (χ3n) is 8.67. The van der Waals surface area contributed by atoms with E-state index in [-0.39, 0.29) is 34.9 Å². The van der Waals surface area contributed by atoms with Crippen LogP contribution in [0.2, 0.25) is 0 Å². The summed E-state index contributed by atoms with van der Waals surface area (Å²) in [7, 11) is 0. The molecule has 1 fully saturated rings. The Kier molecular flexibility index (Phi) is 7.61. The molecule has 0 bridgehead atoms. The molecule has 37 heavy (non-hydrogen) atoms. The van der Waals surface area contributed by atoms with Crippen LogP contribution in [0.5, 0.6) is 0 Å². The van der Waals surface area contributed by atoms with Crippen LogP contribution in [0.4, 0.5) is 0 Å². The molecule has 2 aromatic rings. The fraction of sp³-hybridized carbons (Fsp3) is 0.576. The number of aryl methyl sites for hydroxylation is 3. The van der Waals surface area contributed by atoms with E-state index in [4.69, 9.17) is 9.57 Å². The van der Waals surface area contributed by atoms with Gasteiger partial charge >= 0.3 is 5.97 Å². The van der Waals surface area contributed by atoms with Crippen LogP contribution >= 0.6 is 0 Å². The topological polar surface area (TPSA) is 47.9 Å². The van der Waals surface area contributed by atoms with Crippen molar-refractivity contribution in [2.45, 2.75) is 99.2 Å². The summed E-state index contributed by atoms with van der Waals surface area (Å²) < 4.78 is 6.55. The fourth-order valence-electron chi connectivity index (χ4n) is 6.64. The number of rotatable bonds is 5. The summed E-state index contributed by atoms with van der Waals surface area (Å²) in [5, 5.41) is 4.55. The first-order valence-electron chi connectivity index (χ1n) is 13.9. The first-order valence-corrected chi connectivity index (χ1v) is 13.9. The summed E-state index contributed by atoms with van der Waals surface area (Å²) in [4.78, 5) is 20.2. The highest BCUT2D eigenvalue weighted by molar-refractivity contribution is 6.14. The largest absolute Gasteiger partial charge is 0.461 e. The number of carbonyl (C=O) groups is 1. The number of hydrogen-bond donors (Lipinski definition) is 0. The number of hydrogen-bond acceptors (Lipinski definition) is 4. The fourth-order valence-corrected chi connectivity index (χ4v) is 6.64. The van der Waals surface area contributed by atoms with Gasteiger partial charge in [-0.2, -0.15) is 0 Å². The van der Waals surface area contributed by atoms with E-state index in [2.05, 4.69) is 110 Å². The maximum atomic E-state index is 14.2. The summed E-state index contributed by atoms with van der Waals surface area (Å²) in [5.74, 6) is 0.00335. The van der Waals surface area contributed by atoms with Gasteiger partial charge in [-0.05, 0) is 61.6 Å². The lowest BCUT2D eigenvalue weighted by atomic mass is 9.64. The van der Waals surface area contributed by atoms with E-state index in [1.807, 2.05) is 0 Å². The van der Waals surface area contributed by atoms with Crippen molar-refractivity contribution < 1.29 is 14.4 Å². The minimum absolute atomic E-state index is 0.108. The molecule has 0 spiro atoms. The van der Waals surface area contributed by atoms with Crippen molar-refractivity contribution in [3.05, 3.63) is 70.3 Å². The van der Waals surface area contributed by atoms with E-state index < -0.39 is 5.92 Å². The maximum Gasteiger partial charge on any atom is 0.319 e. The summed E-state index contributed by atoms with van der Waals surface area (Å²) in [6, 6.07) is 15.0. The molecule has 4 nitrogen and oxygen atoms in total. The Labute approximate surface area is 223 Å². The molecule has 0 amide bonds.